The fraction of sp³-hybridized carbons (Fsp3) is 0.273. The molecule has 2 N–H and O–H groups in total. The predicted octanol–water partition coefficient (Wildman–Crippen LogP) is 4.68. The summed E-state index contributed by atoms with van der Waals surface area (Å²) in [6.07, 6.45) is 1.62. The van der Waals surface area contributed by atoms with Gasteiger partial charge in [-0.25, -0.2) is 0 Å². The van der Waals surface area contributed by atoms with Gasteiger partial charge in [-0.3, -0.25) is 9.59 Å². The Morgan fingerprint density at radius 3 is 2.43 bits per heavy atom. The van der Waals surface area contributed by atoms with Gasteiger partial charge in [-0.05, 0) is 48.7 Å². The quantitative estimate of drug-likeness (QED) is 0.399. The third-order valence-electron chi connectivity index (χ3n) is 4.93. The molecule has 1 amide bonds. The Kier molecular flexibility index (Phi) is 5.89. The number of carbonyl (C=O) groups is 2. The normalized spacial score (nSPS) is 18.7. The van der Waals surface area contributed by atoms with Crippen LogP contribution >= 0.6 is 15.9 Å². The number of aliphatic hydroxyl groups is 1. The maximum atomic E-state index is 12.8. The van der Waals surface area contributed by atoms with E-state index in [0.29, 0.717) is 17.7 Å². The van der Waals surface area contributed by atoms with Gasteiger partial charge >= 0.3 is 0 Å². The summed E-state index contributed by atoms with van der Waals surface area (Å²) in [5, 5.41) is 20.6. The number of amides is 1. The Bertz CT molecular complexity index is 950. The minimum Gasteiger partial charge on any atom is -0.508 e. The lowest BCUT2D eigenvalue weighted by Gasteiger charge is -2.25. The van der Waals surface area contributed by atoms with Gasteiger partial charge in [-0.2, -0.15) is 0 Å². The van der Waals surface area contributed by atoms with E-state index in [0.717, 1.165) is 22.9 Å². The Hall–Kier alpha value is -2.60. The van der Waals surface area contributed by atoms with E-state index >= 15 is 0 Å². The zero-order chi connectivity index (χ0) is 20.4. The van der Waals surface area contributed by atoms with Crippen molar-refractivity contribution in [3.05, 3.63) is 69.2 Å². The van der Waals surface area contributed by atoms with Crippen LogP contribution in [0.3, 0.4) is 0 Å². The monoisotopic (exact) mass is 443 g/mol. The van der Waals surface area contributed by atoms with Crippen molar-refractivity contribution in [2.24, 2.45) is 0 Å². The third kappa shape index (κ3) is 3.69. The first-order valence-electron chi connectivity index (χ1n) is 9.19. The van der Waals surface area contributed by atoms with E-state index in [1.54, 1.807) is 30.3 Å². The van der Waals surface area contributed by atoms with Crippen LogP contribution in [0, 0.1) is 6.92 Å². The highest BCUT2D eigenvalue weighted by Crippen LogP contribution is 2.40. The number of hydrogen-bond acceptors (Lipinski definition) is 4. The van der Waals surface area contributed by atoms with Crippen LogP contribution in [0.2, 0.25) is 0 Å². The largest absolute Gasteiger partial charge is 0.508 e. The molecule has 3 rings (SSSR count). The molecule has 1 saturated heterocycles. The van der Waals surface area contributed by atoms with Crippen molar-refractivity contribution in [1.82, 2.24) is 4.90 Å². The smallest absolute Gasteiger partial charge is 0.295 e. The molecular weight excluding hydrogens is 422 g/mol. The van der Waals surface area contributed by atoms with Crippen molar-refractivity contribution in [2.45, 2.75) is 32.7 Å². The van der Waals surface area contributed by atoms with Crippen molar-refractivity contribution in [1.29, 1.82) is 0 Å². The number of nitrogens with zero attached hydrogens (tertiary/aromatic N) is 1. The summed E-state index contributed by atoms with van der Waals surface area (Å²) in [4.78, 5) is 27.0. The number of aliphatic hydroxyl groups excluding tert-OH is 1. The first-order valence-corrected chi connectivity index (χ1v) is 9.98. The van der Waals surface area contributed by atoms with Crippen LogP contribution < -0.4 is 0 Å². The first kappa shape index (κ1) is 20.1. The number of likely N-dealkylation sites (tertiary alicyclic amines) is 1. The van der Waals surface area contributed by atoms with Gasteiger partial charge in [0.15, 0.2) is 0 Å². The first-order chi connectivity index (χ1) is 13.3. The van der Waals surface area contributed by atoms with E-state index in [2.05, 4.69) is 15.9 Å². The molecule has 28 heavy (non-hydrogen) atoms. The highest BCUT2D eigenvalue weighted by molar-refractivity contribution is 9.10. The molecule has 0 aromatic heterocycles. The number of aryl methyl sites for hydroxylation is 1. The molecular formula is C22H22BrNO4. The Morgan fingerprint density at radius 2 is 1.82 bits per heavy atom. The minimum absolute atomic E-state index is 0.0773. The second-order valence-electron chi connectivity index (χ2n) is 6.90. The summed E-state index contributed by atoms with van der Waals surface area (Å²) < 4.78 is 0.891. The van der Waals surface area contributed by atoms with Gasteiger partial charge in [0, 0.05) is 16.6 Å². The second-order valence-corrected chi connectivity index (χ2v) is 7.76. The average Bonchev–Trinajstić information content (AvgIpc) is 2.93. The standard InChI is InChI=1S/C22H22BrNO4/c1-3-4-11-24-19(14-5-8-16(25)9-6-14)18(21(27)22(24)28)20(26)15-7-10-17(23)13(2)12-15/h5-10,12,19,25-26H,3-4,11H2,1-2H3/b20-18-. The molecule has 1 atom stereocenters. The molecule has 1 heterocycles. The summed E-state index contributed by atoms with van der Waals surface area (Å²) in [7, 11) is 0. The van der Waals surface area contributed by atoms with Gasteiger partial charge in [0.1, 0.15) is 11.5 Å². The average molecular weight is 444 g/mol. The van der Waals surface area contributed by atoms with Crippen LogP contribution in [-0.2, 0) is 9.59 Å². The van der Waals surface area contributed by atoms with Crippen molar-refractivity contribution >= 4 is 33.4 Å². The fourth-order valence-corrected chi connectivity index (χ4v) is 3.64. The van der Waals surface area contributed by atoms with E-state index in [1.165, 1.54) is 17.0 Å². The molecule has 6 heteroatoms. The van der Waals surface area contributed by atoms with Crippen molar-refractivity contribution in [3.8, 4) is 5.75 Å². The van der Waals surface area contributed by atoms with Gasteiger partial charge in [-0.15, -0.1) is 0 Å². The highest BCUT2D eigenvalue weighted by atomic mass is 79.9. The Labute approximate surface area is 172 Å². The number of phenolic OH excluding ortho intramolecular Hbond substituents is 1. The number of hydrogen-bond donors (Lipinski definition) is 2. The number of phenols is 1. The molecule has 1 aliphatic rings. The predicted molar refractivity (Wildman–Crippen MR) is 111 cm³/mol. The summed E-state index contributed by atoms with van der Waals surface area (Å²) >= 11 is 3.43. The maximum Gasteiger partial charge on any atom is 0.295 e. The maximum absolute atomic E-state index is 12.8. The molecule has 5 nitrogen and oxygen atoms in total. The second kappa shape index (κ2) is 8.19. The molecule has 0 radical (unpaired) electrons. The molecule has 2 aromatic rings. The molecule has 146 valence electrons. The number of rotatable bonds is 5. The lowest BCUT2D eigenvalue weighted by atomic mass is 9.94. The molecule has 2 aromatic carbocycles. The number of Topliss-reactive ketones (excluding diaryl/α,β-unsaturated/α-hetero) is 1. The van der Waals surface area contributed by atoms with Gasteiger partial charge in [0.25, 0.3) is 11.7 Å². The third-order valence-corrected chi connectivity index (χ3v) is 5.82. The van der Waals surface area contributed by atoms with Crippen molar-refractivity contribution in [3.63, 3.8) is 0 Å². The van der Waals surface area contributed by atoms with E-state index in [1.807, 2.05) is 13.8 Å². The van der Waals surface area contributed by atoms with Gasteiger partial charge < -0.3 is 15.1 Å². The van der Waals surface area contributed by atoms with Gasteiger partial charge in [-0.1, -0.05) is 47.5 Å². The number of carbonyl (C=O) groups excluding carboxylic acids is 2. The lowest BCUT2D eigenvalue weighted by molar-refractivity contribution is -0.139. The highest BCUT2D eigenvalue weighted by Gasteiger charge is 2.45. The van der Waals surface area contributed by atoms with Crippen LogP contribution in [0.15, 0.2) is 52.5 Å². The van der Waals surface area contributed by atoms with Crippen molar-refractivity contribution in [2.75, 3.05) is 6.54 Å². The molecule has 0 aliphatic carbocycles. The van der Waals surface area contributed by atoms with E-state index < -0.39 is 17.7 Å². The van der Waals surface area contributed by atoms with Crippen LogP contribution in [-0.4, -0.2) is 33.3 Å². The summed E-state index contributed by atoms with van der Waals surface area (Å²) in [5.41, 5.74) is 2.14. The number of ketones is 1. The van der Waals surface area contributed by atoms with E-state index in [4.69, 9.17) is 0 Å². The lowest BCUT2D eigenvalue weighted by Crippen LogP contribution is -2.30. The number of halogens is 1. The summed E-state index contributed by atoms with van der Waals surface area (Å²) in [5.74, 6) is -1.39. The summed E-state index contributed by atoms with van der Waals surface area (Å²) in [6.45, 7) is 4.32. The SMILES string of the molecule is CCCCN1C(=O)C(=O)/C(=C(\O)c2ccc(Br)c(C)c2)C1c1ccc(O)cc1. The molecule has 0 bridgehead atoms. The fourth-order valence-electron chi connectivity index (χ4n) is 3.39. The van der Waals surface area contributed by atoms with Gasteiger partial charge in [0.05, 0.1) is 11.6 Å². The zero-order valence-electron chi connectivity index (χ0n) is 15.8. The minimum atomic E-state index is -0.688. The molecule has 1 unspecified atom stereocenters. The number of aromatic hydroxyl groups is 1. The number of benzene rings is 2. The molecule has 1 aliphatic heterocycles. The van der Waals surface area contributed by atoms with Crippen LogP contribution in [0.1, 0.15) is 42.5 Å². The van der Waals surface area contributed by atoms with Gasteiger partial charge in [0.2, 0.25) is 0 Å². The summed E-state index contributed by atoms with van der Waals surface area (Å²) in [6, 6.07) is 11.0. The van der Waals surface area contributed by atoms with Crippen LogP contribution in [0.4, 0.5) is 0 Å². The zero-order valence-corrected chi connectivity index (χ0v) is 17.4. The topological polar surface area (TPSA) is 77.8 Å². The van der Waals surface area contributed by atoms with Crippen LogP contribution in [0.25, 0.3) is 5.76 Å². The number of unbranched alkanes of at least 4 members (excludes halogenated alkanes) is 1. The van der Waals surface area contributed by atoms with E-state index in [-0.39, 0.29) is 17.1 Å². The van der Waals surface area contributed by atoms with Crippen LogP contribution in [0.5, 0.6) is 5.75 Å². The van der Waals surface area contributed by atoms with E-state index in [9.17, 15) is 19.8 Å². The molecule has 0 spiro atoms. The Morgan fingerprint density at radius 1 is 1.14 bits per heavy atom. The molecule has 0 saturated carbocycles. The molecule has 1 fully saturated rings. The van der Waals surface area contributed by atoms with Crippen molar-refractivity contribution < 1.29 is 19.8 Å². The Balaban J connectivity index is 2.17.